The van der Waals surface area contributed by atoms with Gasteiger partial charge in [0.1, 0.15) is 30.2 Å². The smallest absolute Gasteiger partial charge is 0.303 e. The van der Waals surface area contributed by atoms with E-state index in [1.807, 2.05) is 13.2 Å². The van der Waals surface area contributed by atoms with Gasteiger partial charge in [-0.1, -0.05) is 40.7 Å². The maximum atomic E-state index is 13.7. The third kappa shape index (κ3) is 17.6. The molecule has 0 saturated carbocycles. The van der Waals surface area contributed by atoms with Crippen LogP contribution in [0.15, 0.2) is 12.3 Å². The Hall–Kier alpha value is -4.43. The predicted octanol–water partition coefficient (Wildman–Crippen LogP) is -1.91. The summed E-state index contributed by atoms with van der Waals surface area (Å²) in [5, 5.41) is 38.1. The molecule has 8 atom stereocenters. The lowest BCUT2D eigenvalue weighted by Gasteiger charge is -2.30. The number of carboxylic acids is 1. The lowest BCUT2D eigenvalue weighted by Crippen LogP contribution is -2.60. The first-order valence-electron chi connectivity index (χ1n) is 19.0. The summed E-state index contributed by atoms with van der Waals surface area (Å²) in [5.41, 5.74) is 11.5. The number of rotatable bonds is 17. The maximum absolute atomic E-state index is 13.7. The van der Waals surface area contributed by atoms with Crippen molar-refractivity contribution in [1.29, 1.82) is 0 Å². The number of hydrogen-bond acceptors (Lipinski definition) is 12. The first kappa shape index (κ1) is 49.6. The Morgan fingerprint density at radius 3 is 2.20 bits per heavy atom. The molecule has 1 aliphatic heterocycles. The largest absolute Gasteiger partial charge is 0.481 e. The number of hydrogen-bond donors (Lipinski definition) is 11. The van der Waals surface area contributed by atoms with Gasteiger partial charge in [0.25, 0.3) is 0 Å². The van der Waals surface area contributed by atoms with E-state index in [0.29, 0.717) is 31.4 Å². The molecule has 0 radical (unpaired) electrons. The SMILES string of the molecule is C=C1N[C@@H](CO)C(=O)NC(C(=O)N[C@H](C(=O)NC(C(N)=O)[C@@H](C)CC)C(C)C)CCCCNC(=O)CCC(NC(=O)[C@@H](N)CCC(=O)O)C(=O)N[C@H]1CCSC. The molecule has 20 heteroatoms. The fraction of sp³-hybridized carbons (Fsp3) is 0.722. The quantitative estimate of drug-likeness (QED) is 0.0765. The van der Waals surface area contributed by atoms with Crippen LogP contribution in [0.1, 0.15) is 85.5 Å². The van der Waals surface area contributed by atoms with Gasteiger partial charge < -0.3 is 58.9 Å². The molecule has 1 rings (SSSR count). The van der Waals surface area contributed by atoms with Gasteiger partial charge in [-0.25, -0.2) is 0 Å². The first-order chi connectivity index (χ1) is 26.4. The zero-order valence-electron chi connectivity index (χ0n) is 33.1. The molecule has 13 N–H and O–H groups in total. The van der Waals surface area contributed by atoms with Crippen molar-refractivity contribution in [2.75, 3.05) is 25.2 Å². The Morgan fingerprint density at radius 2 is 1.62 bits per heavy atom. The summed E-state index contributed by atoms with van der Waals surface area (Å²) in [6.07, 6.45) is 2.63. The van der Waals surface area contributed by atoms with Gasteiger partial charge in [0.15, 0.2) is 0 Å². The number of thioether (sulfide) groups is 1. The second-order valence-electron chi connectivity index (χ2n) is 14.3. The molecule has 0 aromatic heterocycles. The van der Waals surface area contributed by atoms with Gasteiger partial charge in [-0.2, -0.15) is 11.8 Å². The van der Waals surface area contributed by atoms with Gasteiger partial charge in [0.05, 0.1) is 18.7 Å². The first-order valence-corrected chi connectivity index (χ1v) is 20.4. The molecule has 0 aromatic rings. The lowest BCUT2D eigenvalue weighted by molar-refractivity contribution is -0.137. The van der Waals surface area contributed by atoms with E-state index >= 15 is 0 Å². The topological polar surface area (TPSA) is 313 Å². The number of primary amides is 1. The number of aliphatic carboxylic acids is 1. The third-order valence-corrected chi connectivity index (χ3v) is 10.1. The van der Waals surface area contributed by atoms with E-state index in [-0.39, 0.29) is 50.3 Å². The summed E-state index contributed by atoms with van der Waals surface area (Å²) < 4.78 is 0. The number of nitrogens with one attached hydrogen (secondary N) is 7. The van der Waals surface area contributed by atoms with Crippen molar-refractivity contribution in [3.8, 4) is 0 Å². The maximum Gasteiger partial charge on any atom is 0.303 e. The number of carboxylic acid groups (broad SMARTS) is 1. The highest BCUT2D eigenvalue weighted by atomic mass is 32.2. The molecule has 0 aliphatic carbocycles. The molecule has 7 amide bonds. The van der Waals surface area contributed by atoms with Crippen molar-refractivity contribution in [2.24, 2.45) is 23.3 Å². The van der Waals surface area contributed by atoms with E-state index in [1.54, 1.807) is 20.8 Å². The fourth-order valence-corrected chi connectivity index (χ4v) is 6.16. The third-order valence-electron chi connectivity index (χ3n) is 9.44. The van der Waals surface area contributed by atoms with Crippen molar-refractivity contribution in [3.63, 3.8) is 0 Å². The van der Waals surface area contributed by atoms with Crippen LogP contribution in [-0.2, 0) is 38.4 Å². The van der Waals surface area contributed by atoms with E-state index in [0.717, 1.165) is 0 Å². The normalized spacial score (nSPS) is 22.6. The van der Waals surface area contributed by atoms with Crippen LogP contribution < -0.4 is 48.7 Å². The van der Waals surface area contributed by atoms with Gasteiger partial charge in [0.2, 0.25) is 41.4 Å². The molecule has 1 aliphatic rings. The summed E-state index contributed by atoms with van der Waals surface area (Å²) in [7, 11) is 0. The van der Waals surface area contributed by atoms with Gasteiger partial charge >= 0.3 is 5.97 Å². The molecule has 56 heavy (non-hydrogen) atoms. The molecule has 1 saturated heterocycles. The van der Waals surface area contributed by atoms with Crippen LogP contribution >= 0.6 is 11.8 Å². The van der Waals surface area contributed by atoms with Crippen LogP contribution in [0.3, 0.4) is 0 Å². The summed E-state index contributed by atoms with van der Waals surface area (Å²) in [6.45, 7) is 10.4. The van der Waals surface area contributed by atoms with E-state index in [4.69, 9.17) is 16.6 Å². The van der Waals surface area contributed by atoms with Crippen LogP contribution in [-0.4, -0.2) is 125 Å². The van der Waals surface area contributed by atoms with Crippen LogP contribution in [0.2, 0.25) is 0 Å². The van der Waals surface area contributed by atoms with Gasteiger partial charge in [-0.3, -0.25) is 38.4 Å². The number of aliphatic hydroxyl groups is 1. The van der Waals surface area contributed by atoms with E-state index in [2.05, 4.69) is 43.8 Å². The molecule has 3 unspecified atom stereocenters. The van der Waals surface area contributed by atoms with Crippen molar-refractivity contribution in [1.82, 2.24) is 37.2 Å². The minimum absolute atomic E-state index is 0.0817. The molecular weight excluding hydrogens is 751 g/mol. The zero-order valence-corrected chi connectivity index (χ0v) is 33.9. The molecule has 0 bridgehead atoms. The van der Waals surface area contributed by atoms with Gasteiger partial charge in [0, 0.05) is 25.1 Å². The minimum Gasteiger partial charge on any atom is -0.481 e. The highest BCUT2D eigenvalue weighted by Crippen LogP contribution is 2.13. The Bertz CT molecular complexity index is 1380. The van der Waals surface area contributed by atoms with Gasteiger partial charge in [-0.05, 0) is 62.4 Å². The standard InChI is InChI=1S/C36H63N9O10S/c1-7-20(4)30(31(38)50)45-36(55)29(19(2)3)44-34(53)24-10-8-9-16-39-27(47)13-12-25(42-32(51)22(37)11-14-28(48)49)33(52)41-23(15-17-56-6)21(5)40-26(18-46)35(54)43-24/h19-20,22-26,29-30,40,46H,5,7-18,37H2,1-4,6H3,(H2,38,50)(H,39,47)(H,41,52)(H,42,51)(H,43,54)(H,44,53)(H,45,55)(H,48,49)/t20-,22-,23-,24?,25?,26-,29-,30?/m0/s1. The average molecular weight is 814 g/mol. The number of nitrogens with two attached hydrogens (primary N) is 2. The fourth-order valence-electron chi connectivity index (χ4n) is 5.69. The van der Waals surface area contributed by atoms with Crippen LogP contribution in [0.25, 0.3) is 0 Å². The lowest BCUT2D eigenvalue weighted by atomic mass is 9.96. The molecule has 1 fully saturated rings. The van der Waals surface area contributed by atoms with Gasteiger partial charge in [-0.15, -0.1) is 0 Å². The number of aliphatic hydroxyl groups excluding tert-OH is 1. The second-order valence-corrected chi connectivity index (χ2v) is 15.3. The molecule has 0 spiro atoms. The molecule has 19 nitrogen and oxygen atoms in total. The van der Waals surface area contributed by atoms with Crippen LogP contribution in [0, 0.1) is 11.8 Å². The summed E-state index contributed by atoms with van der Waals surface area (Å²) in [6, 6.07) is -7.89. The predicted molar refractivity (Wildman–Crippen MR) is 210 cm³/mol. The average Bonchev–Trinajstić information content (AvgIpc) is 3.14. The Kier molecular flexibility index (Phi) is 22.7. The van der Waals surface area contributed by atoms with Crippen LogP contribution in [0.5, 0.6) is 0 Å². The highest BCUT2D eigenvalue weighted by molar-refractivity contribution is 7.98. The molecule has 1 heterocycles. The second kappa shape index (κ2) is 25.7. The molecule has 318 valence electrons. The van der Waals surface area contributed by atoms with Crippen LogP contribution in [0.4, 0.5) is 0 Å². The highest BCUT2D eigenvalue weighted by Gasteiger charge is 2.34. The number of amides is 7. The van der Waals surface area contributed by atoms with Crippen molar-refractivity contribution < 1.29 is 48.6 Å². The molecular formula is C36H63N9O10S. The number of carbonyl (C=O) groups is 8. The van der Waals surface area contributed by atoms with Crippen molar-refractivity contribution in [3.05, 3.63) is 12.3 Å². The van der Waals surface area contributed by atoms with Crippen molar-refractivity contribution in [2.45, 2.75) is 128 Å². The zero-order chi connectivity index (χ0) is 42.5. The Balaban J connectivity index is 3.36. The van der Waals surface area contributed by atoms with Crippen molar-refractivity contribution >= 4 is 59.1 Å². The summed E-state index contributed by atoms with van der Waals surface area (Å²) in [5.74, 6) is -6.04. The minimum atomic E-state index is -1.33. The summed E-state index contributed by atoms with van der Waals surface area (Å²) >= 11 is 1.46. The summed E-state index contributed by atoms with van der Waals surface area (Å²) in [4.78, 5) is 103. The monoisotopic (exact) mass is 813 g/mol. The Labute approximate surface area is 332 Å². The Morgan fingerprint density at radius 1 is 0.946 bits per heavy atom. The van der Waals surface area contributed by atoms with E-state index < -0.39 is 102 Å². The number of carbonyl (C=O) groups excluding carboxylic acids is 7. The van der Waals surface area contributed by atoms with E-state index in [9.17, 15) is 43.5 Å². The molecule has 0 aromatic carbocycles. The van der Waals surface area contributed by atoms with E-state index in [1.165, 1.54) is 11.8 Å².